The van der Waals surface area contributed by atoms with E-state index < -0.39 is 10.0 Å². The topological polar surface area (TPSA) is 87.2 Å². The third-order valence-electron chi connectivity index (χ3n) is 4.91. The summed E-state index contributed by atoms with van der Waals surface area (Å²) < 4.78 is 26.8. The SMILES string of the molecule is CNc1cc(C2CCNCC2)nc(CN(C)S(=O)(=O)Cc2ccc(Cl)cc2)n1. The first-order chi connectivity index (χ1) is 13.4. The first kappa shape index (κ1) is 21.0. The minimum atomic E-state index is -3.50. The van der Waals surface area contributed by atoms with Crippen molar-refractivity contribution in [2.75, 3.05) is 32.5 Å². The molecule has 1 fully saturated rings. The minimum absolute atomic E-state index is 0.0897. The zero-order valence-corrected chi connectivity index (χ0v) is 17.7. The molecule has 152 valence electrons. The molecule has 3 rings (SSSR count). The fraction of sp³-hybridized carbons (Fsp3) is 0.474. The molecule has 0 aliphatic carbocycles. The van der Waals surface area contributed by atoms with E-state index in [0.717, 1.165) is 31.6 Å². The predicted octanol–water partition coefficient (Wildman–Crippen LogP) is 2.60. The summed E-state index contributed by atoms with van der Waals surface area (Å²) in [7, 11) is -0.137. The van der Waals surface area contributed by atoms with Crippen LogP contribution in [0, 0.1) is 0 Å². The molecule has 1 aromatic heterocycles. The third kappa shape index (κ3) is 5.41. The number of rotatable bonds is 7. The van der Waals surface area contributed by atoms with Gasteiger partial charge in [0, 0.05) is 36.8 Å². The van der Waals surface area contributed by atoms with Gasteiger partial charge in [-0.15, -0.1) is 0 Å². The van der Waals surface area contributed by atoms with Gasteiger partial charge in [0.15, 0.2) is 0 Å². The summed E-state index contributed by atoms with van der Waals surface area (Å²) in [6.07, 6.45) is 2.04. The van der Waals surface area contributed by atoms with Gasteiger partial charge in [0.2, 0.25) is 10.0 Å². The summed E-state index contributed by atoms with van der Waals surface area (Å²) in [5.41, 5.74) is 1.66. The van der Waals surface area contributed by atoms with Gasteiger partial charge in [0.05, 0.1) is 12.3 Å². The van der Waals surface area contributed by atoms with E-state index in [1.165, 1.54) is 4.31 Å². The number of anilines is 1. The van der Waals surface area contributed by atoms with E-state index in [9.17, 15) is 8.42 Å². The molecule has 0 amide bonds. The normalized spacial score (nSPS) is 15.7. The first-order valence-electron chi connectivity index (χ1n) is 9.32. The van der Waals surface area contributed by atoms with Gasteiger partial charge in [0.1, 0.15) is 11.6 Å². The highest BCUT2D eigenvalue weighted by Gasteiger charge is 2.22. The quantitative estimate of drug-likeness (QED) is 0.711. The molecule has 9 heteroatoms. The second kappa shape index (κ2) is 9.17. The van der Waals surface area contributed by atoms with Crippen LogP contribution in [-0.2, 0) is 22.3 Å². The molecule has 1 aliphatic rings. The number of piperidine rings is 1. The summed E-state index contributed by atoms with van der Waals surface area (Å²) in [4.78, 5) is 9.13. The number of aromatic nitrogens is 2. The Labute approximate surface area is 171 Å². The second-order valence-corrected chi connectivity index (χ2v) is 9.52. The Morgan fingerprint density at radius 3 is 2.54 bits per heavy atom. The monoisotopic (exact) mass is 423 g/mol. The van der Waals surface area contributed by atoms with Crippen molar-refractivity contribution >= 4 is 27.4 Å². The fourth-order valence-corrected chi connectivity index (χ4v) is 4.51. The number of nitrogens with one attached hydrogen (secondary N) is 2. The number of halogens is 1. The third-order valence-corrected chi connectivity index (χ3v) is 6.94. The second-order valence-electron chi connectivity index (χ2n) is 7.01. The molecule has 2 heterocycles. The molecule has 1 aliphatic heterocycles. The Morgan fingerprint density at radius 1 is 1.21 bits per heavy atom. The Balaban J connectivity index is 1.76. The summed E-state index contributed by atoms with van der Waals surface area (Å²) in [6, 6.07) is 8.79. The molecule has 0 bridgehead atoms. The maximum absolute atomic E-state index is 12.7. The molecule has 0 radical (unpaired) electrons. The predicted molar refractivity (Wildman–Crippen MR) is 112 cm³/mol. The van der Waals surface area contributed by atoms with Crippen molar-refractivity contribution in [3.05, 3.63) is 52.4 Å². The van der Waals surface area contributed by atoms with Gasteiger partial charge in [-0.1, -0.05) is 23.7 Å². The molecular formula is C19H26ClN5O2S. The van der Waals surface area contributed by atoms with Gasteiger partial charge in [0.25, 0.3) is 0 Å². The van der Waals surface area contributed by atoms with Crippen molar-refractivity contribution in [1.29, 1.82) is 0 Å². The molecule has 1 saturated heterocycles. The van der Waals surface area contributed by atoms with Gasteiger partial charge in [-0.3, -0.25) is 0 Å². The average Bonchev–Trinajstić information content (AvgIpc) is 2.70. The highest BCUT2D eigenvalue weighted by Crippen LogP contribution is 2.25. The average molecular weight is 424 g/mol. The van der Waals surface area contributed by atoms with Crippen LogP contribution in [0.5, 0.6) is 0 Å². The van der Waals surface area contributed by atoms with Crippen molar-refractivity contribution in [2.24, 2.45) is 0 Å². The van der Waals surface area contributed by atoms with E-state index in [0.29, 0.717) is 28.1 Å². The van der Waals surface area contributed by atoms with Gasteiger partial charge < -0.3 is 10.6 Å². The minimum Gasteiger partial charge on any atom is -0.373 e. The van der Waals surface area contributed by atoms with Gasteiger partial charge >= 0.3 is 0 Å². The lowest BCUT2D eigenvalue weighted by atomic mass is 9.94. The molecule has 28 heavy (non-hydrogen) atoms. The van der Waals surface area contributed by atoms with Crippen molar-refractivity contribution in [1.82, 2.24) is 19.6 Å². The largest absolute Gasteiger partial charge is 0.373 e. The maximum Gasteiger partial charge on any atom is 0.218 e. The lowest BCUT2D eigenvalue weighted by molar-refractivity contribution is 0.440. The van der Waals surface area contributed by atoms with Crippen molar-refractivity contribution in [3.63, 3.8) is 0 Å². The Morgan fingerprint density at radius 2 is 1.89 bits per heavy atom. The van der Waals surface area contributed by atoms with Crippen LogP contribution in [0.25, 0.3) is 0 Å². The molecular weight excluding hydrogens is 398 g/mol. The number of sulfonamides is 1. The Hall–Kier alpha value is -1.74. The van der Waals surface area contributed by atoms with E-state index in [1.807, 2.05) is 6.07 Å². The number of hydrogen-bond donors (Lipinski definition) is 2. The van der Waals surface area contributed by atoms with Crippen LogP contribution in [-0.4, -0.2) is 49.9 Å². The van der Waals surface area contributed by atoms with Crippen LogP contribution in [0.15, 0.2) is 30.3 Å². The molecule has 2 aromatic rings. The molecule has 2 N–H and O–H groups in total. The molecule has 0 spiro atoms. The maximum atomic E-state index is 12.7. The van der Waals surface area contributed by atoms with E-state index in [1.54, 1.807) is 38.4 Å². The fourth-order valence-electron chi connectivity index (χ4n) is 3.24. The summed E-state index contributed by atoms with van der Waals surface area (Å²) in [5, 5.41) is 6.99. The zero-order chi connectivity index (χ0) is 20.1. The first-order valence-corrected chi connectivity index (χ1v) is 11.3. The highest BCUT2D eigenvalue weighted by molar-refractivity contribution is 7.88. The van der Waals surface area contributed by atoms with E-state index in [4.69, 9.17) is 11.6 Å². The van der Waals surface area contributed by atoms with Crippen molar-refractivity contribution in [3.8, 4) is 0 Å². The lowest BCUT2D eigenvalue weighted by Gasteiger charge is -2.23. The summed E-state index contributed by atoms with van der Waals surface area (Å²) in [5.74, 6) is 1.49. The van der Waals surface area contributed by atoms with E-state index in [-0.39, 0.29) is 12.3 Å². The van der Waals surface area contributed by atoms with Crippen LogP contribution in [0.2, 0.25) is 5.02 Å². The lowest BCUT2D eigenvalue weighted by Crippen LogP contribution is -2.30. The van der Waals surface area contributed by atoms with Gasteiger partial charge in [-0.25, -0.2) is 18.4 Å². The molecule has 0 saturated carbocycles. The Bertz CT molecular complexity index is 899. The van der Waals surface area contributed by atoms with Crippen LogP contribution in [0.1, 0.15) is 35.8 Å². The van der Waals surface area contributed by atoms with E-state index >= 15 is 0 Å². The van der Waals surface area contributed by atoms with Gasteiger partial charge in [-0.2, -0.15) is 4.31 Å². The zero-order valence-electron chi connectivity index (χ0n) is 16.2. The van der Waals surface area contributed by atoms with Crippen LogP contribution in [0.3, 0.4) is 0 Å². The Kier molecular flexibility index (Phi) is 6.87. The van der Waals surface area contributed by atoms with Gasteiger partial charge in [-0.05, 0) is 43.6 Å². The van der Waals surface area contributed by atoms with Crippen molar-refractivity contribution < 1.29 is 8.42 Å². The van der Waals surface area contributed by atoms with E-state index in [2.05, 4.69) is 20.6 Å². The smallest absolute Gasteiger partial charge is 0.218 e. The van der Waals surface area contributed by atoms with Crippen LogP contribution < -0.4 is 10.6 Å². The molecule has 1 aromatic carbocycles. The van der Waals surface area contributed by atoms with Crippen LogP contribution >= 0.6 is 11.6 Å². The molecule has 7 nitrogen and oxygen atoms in total. The molecule has 0 atom stereocenters. The van der Waals surface area contributed by atoms with Crippen LogP contribution in [0.4, 0.5) is 5.82 Å². The van der Waals surface area contributed by atoms with Crippen molar-refractivity contribution in [2.45, 2.75) is 31.1 Å². The summed E-state index contributed by atoms with van der Waals surface area (Å²) in [6.45, 7) is 2.06. The number of hydrogen-bond acceptors (Lipinski definition) is 6. The standard InChI is InChI=1S/C19H26ClN5O2S/c1-21-18-11-17(15-7-9-22-10-8-15)23-19(24-18)12-25(2)28(26,27)13-14-3-5-16(20)6-4-14/h3-6,11,15,22H,7-10,12-13H2,1-2H3,(H,21,23,24). The summed E-state index contributed by atoms with van der Waals surface area (Å²) >= 11 is 5.87. The molecule has 0 unspecified atom stereocenters. The number of benzene rings is 1. The number of nitrogens with zero attached hydrogens (tertiary/aromatic N) is 3. The highest BCUT2D eigenvalue weighted by atomic mass is 35.5.